The number of nitrogens with one attached hydrogen (secondary N) is 1. The number of carbonyl (C=O) groups is 1. The molecule has 0 atom stereocenters. The molecule has 0 radical (unpaired) electrons. The Labute approximate surface area is 168 Å². The highest BCUT2D eigenvalue weighted by Gasteiger charge is 2.33. The van der Waals surface area contributed by atoms with Gasteiger partial charge in [-0.3, -0.25) is 4.72 Å². The molecule has 0 amide bonds. The number of rotatable bonds is 4. The Bertz CT molecular complexity index is 1040. The number of benzene rings is 1. The van der Waals surface area contributed by atoms with Gasteiger partial charge in [-0.25, -0.2) is 9.78 Å². The van der Waals surface area contributed by atoms with Gasteiger partial charge in [0.2, 0.25) is 0 Å². The topological polar surface area (TPSA) is 62.2 Å². The molecule has 27 heavy (non-hydrogen) atoms. The summed E-state index contributed by atoms with van der Waals surface area (Å²) in [7, 11) is 0. The molecule has 0 spiro atoms. The van der Waals surface area contributed by atoms with E-state index in [0.29, 0.717) is 12.1 Å². The SMILES string of the molecule is CC1(C)CCc2sc(-c3nc(CNS)cc4ccccc34)c(C(=O)O)c2C1. The Balaban J connectivity index is 1.99. The summed E-state index contributed by atoms with van der Waals surface area (Å²) < 4.78 is 2.84. The second-order valence-electron chi connectivity index (χ2n) is 7.87. The standard InChI is InChI=1S/C21H22N2O2S2/c1-21(2)8-7-16-15(10-21)17(20(24)25)19(27-16)18-14-6-4-3-5-12(14)9-13(23-18)11-22-26/h3-6,9,22,26H,7-8,10-11H2,1-2H3,(H,24,25). The number of aromatic carboxylic acids is 1. The van der Waals surface area contributed by atoms with Crippen molar-refractivity contribution < 1.29 is 9.90 Å². The summed E-state index contributed by atoms with van der Waals surface area (Å²) in [6, 6.07) is 10.0. The Morgan fingerprint density at radius 1 is 1.37 bits per heavy atom. The average Bonchev–Trinajstić information content (AvgIpc) is 2.98. The van der Waals surface area contributed by atoms with Crippen molar-refractivity contribution in [3.63, 3.8) is 0 Å². The zero-order valence-corrected chi connectivity index (χ0v) is 17.1. The summed E-state index contributed by atoms with van der Waals surface area (Å²) >= 11 is 5.70. The molecule has 0 saturated heterocycles. The Kier molecular flexibility index (Phi) is 4.74. The van der Waals surface area contributed by atoms with Gasteiger partial charge in [0.15, 0.2) is 0 Å². The number of carboxylic acid groups (broad SMARTS) is 1. The van der Waals surface area contributed by atoms with Crippen molar-refractivity contribution in [3.8, 4) is 10.6 Å². The molecule has 2 aromatic heterocycles. The summed E-state index contributed by atoms with van der Waals surface area (Å²) in [5, 5.41) is 12.1. The maximum absolute atomic E-state index is 12.2. The third kappa shape index (κ3) is 3.37. The van der Waals surface area contributed by atoms with Crippen LogP contribution in [0, 0.1) is 5.41 Å². The summed E-state index contributed by atoms with van der Waals surface area (Å²) in [5.74, 6) is -0.858. The summed E-state index contributed by atoms with van der Waals surface area (Å²) in [4.78, 5) is 19.0. The number of aromatic nitrogens is 1. The minimum atomic E-state index is -0.858. The van der Waals surface area contributed by atoms with Crippen LogP contribution in [0.5, 0.6) is 0 Å². The lowest BCUT2D eigenvalue weighted by molar-refractivity contribution is 0.0696. The third-order valence-electron chi connectivity index (χ3n) is 5.26. The highest BCUT2D eigenvalue weighted by atomic mass is 32.1. The van der Waals surface area contributed by atoms with E-state index in [9.17, 15) is 9.90 Å². The first kappa shape index (κ1) is 18.5. The van der Waals surface area contributed by atoms with Crippen molar-refractivity contribution >= 4 is 40.9 Å². The number of fused-ring (bicyclic) bond motifs is 2. The highest BCUT2D eigenvalue weighted by molar-refractivity contribution is 7.78. The van der Waals surface area contributed by atoms with E-state index >= 15 is 0 Å². The molecule has 4 nitrogen and oxygen atoms in total. The van der Waals surface area contributed by atoms with Gasteiger partial charge in [0.25, 0.3) is 0 Å². The maximum atomic E-state index is 12.2. The molecular weight excluding hydrogens is 376 g/mol. The van der Waals surface area contributed by atoms with Crippen LogP contribution in [0.4, 0.5) is 0 Å². The van der Waals surface area contributed by atoms with E-state index in [2.05, 4.69) is 31.4 Å². The van der Waals surface area contributed by atoms with E-state index in [1.54, 1.807) is 11.3 Å². The van der Waals surface area contributed by atoms with Crippen LogP contribution in [0.1, 0.15) is 46.8 Å². The lowest BCUT2D eigenvalue weighted by Crippen LogP contribution is -2.22. The molecule has 0 fully saturated rings. The van der Waals surface area contributed by atoms with Crippen molar-refractivity contribution in [2.75, 3.05) is 0 Å². The van der Waals surface area contributed by atoms with Crippen LogP contribution in [-0.4, -0.2) is 16.1 Å². The number of hydrogen-bond acceptors (Lipinski definition) is 5. The van der Waals surface area contributed by atoms with Crippen LogP contribution in [-0.2, 0) is 19.4 Å². The maximum Gasteiger partial charge on any atom is 0.337 e. The molecule has 3 aromatic rings. The first-order chi connectivity index (χ1) is 12.9. The smallest absolute Gasteiger partial charge is 0.337 e. The first-order valence-electron chi connectivity index (χ1n) is 9.03. The molecule has 0 bridgehead atoms. The van der Waals surface area contributed by atoms with E-state index in [4.69, 9.17) is 4.98 Å². The van der Waals surface area contributed by atoms with Crippen LogP contribution < -0.4 is 4.72 Å². The third-order valence-corrected chi connectivity index (χ3v) is 6.71. The van der Waals surface area contributed by atoms with Crippen molar-refractivity contribution in [1.82, 2.24) is 9.71 Å². The van der Waals surface area contributed by atoms with Crippen LogP contribution >= 0.6 is 24.2 Å². The predicted octanol–water partition coefficient (Wildman–Crippen LogP) is 5.11. The molecule has 2 heterocycles. The van der Waals surface area contributed by atoms with Crippen molar-refractivity contribution in [2.24, 2.45) is 5.41 Å². The van der Waals surface area contributed by atoms with Crippen molar-refractivity contribution in [2.45, 2.75) is 39.7 Å². The van der Waals surface area contributed by atoms with Gasteiger partial charge in [0, 0.05) is 16.8 Å². The minimum Gasteiger partial charge on any atom is -0.478 e. The Hall–Kier alpha value is -1.89. The quantitative estimate of drug-likeness (QED) is 0.534. The summed E-state index contributed by atoms with van der Waals surface area (Å²) in [6.45, 7) is 4.94. The second-order valence-corrected chi connectivity index (χ2v) is 9.29. The number of nitrogens with zero attached hydrogens (tertiary/aromatic N) is 1. The molecule has 0 aliphatic heterocycles. The molecular formula is C21H22N2O2S2. The number of aryl methyl sites for hydroxylation is 1. The number of carboxylic acids is 1. The molecule has 6 heteroatoms. The normalized spacial score (nSPS) is 15.7. The molecule has 1 aromatic carbocycles. The minimum absolute atomic E-state index is 0.128. The molecule has 0 unspecified atom stereocenters. The lowest BCUT2D eigenvalue weighted by Gasteiger charge is -2.29. The summed E-state index contributed by atoms with van der Waals surface area (Å²) in [5.41, 5.74) is 3.19. The molecule has 1 aliphatic rings. The van der Waals surface area contributed by atoms with Gasteiger partial charge in [0.1, 0.15) is 0 Å². The van der Waals surface area contributed by atoms with E-state index in [-0.39, 0.29) is 5.41 Å². The molecule has 4 rings (SSSR count). The van der Waals surface area contributed by atoms with E-state index < -0.39 is 5.97 Å². The first-order valence-corrected chi connectivity index (χ1v) is 10.3. The largest absolute Gasteiger partial charge is 0.478 e. The van der Waals surface area contributed by atoms with E-state index in [1.165, 1.54) is 4.88 Å². The number of thiol groups is 1. The zero-order valence-electron chi connectivity index (χ0n) is 15.4. The van der Waals surface area contributed by atoms with Crippen LogP contribution in [0.15, 0.2) is 30.3 Å². The van der Waals surface area contributed by atoms with Crippen molar-refractivity contribution in [3.05, 3.63) is 52.0 Å². The average molecular weight is 399 g/mol. The molecule has 2 N–H and O–H groups in total. The Morgan fingerprint density at radius 2 is 2.15 bits per heavy atom. The van der Waals surface area contributed by atoms with E-state index in [0.717, 1.165) is 51.9 Å². The number of pyridine rings is 1. The van der Waals surface area contributed by atoms with Gasteiger partial charge in [-0.15, -0.1) is 11.3 Å². The Morgan fingerprint density at radius 3 is 2.89 bits per heavy atom. The zero-order chi connectivity index (χ0) is 19.2. The monoisotopic (exact) mass is 398 g/mol. The van der Waals surface area contributed by atoms with Crippen molar-refractivity contribution in [1.29, 1.82) is 0 Å². The van der Waals surface area contributed by atoms with Gasteiger partial charge in [0.05, 0.1) is 21.8 Å². The van der Waals surface area contributed by atoms with E-state index in [1.807, 2.05) is 30.3 Å². The van der Waals surface area contributed by atoms with Gasteiger partial charge < -0.3 is 5.11 Å². The van der Waals surface area contributed by atoms with Gasteiger partial charge >= 0.3 is 5.97 Å². The second kappa shape index (κ2) is 6.93. The molecule has 0 saturated carbocycles. The molecule has 1 aliphatic carbocycles. The lowest BCUT2D eigenvalue weighted by atomic mass is 9.76. The highest BCUT2D eigenvalue weighted by Crippen LogP contribution is 2.46. The predicted molar refractivity (Wildman–Crippen MR) is 114 cm³/mol. The van der Waals surface area contributed by atoms with Gasteiger partial charge in [-0.1, -0.05) is 50.9 Å². The fourth-order valence-electron chi connectivity index (χ4n) is 3.91. The van der Waals surface area contributed by atoms with Crippen LogP contribution in [0.2, 0.25) is 0 Å². The van der Waals surface area contributed by atoms with Crippen LogP contribution in [0.3, 0.4) is 0 Å². The number of thiophene rings is 1. The van der Waals surface area contributed by atoms with Gasteiger partial charge in [-0.2, -0.15) is 0 Å². The fourth-order valence-corrected chi connectivity index (χ4v) is 5.39. The van der Waals surface area contributed by atoms with Crippen LogP contribution in [0.25, 0.3) is 21.3 Å². The fraction of sp³-hybridized carbons (Fsp3) is 0.333. The number of hydrogen-bond donors (Lipinski definition) is 3. The van der Waals surface area contributed by atoms with Gasteiger partial charge in [-0.05, 0) is 41.7 Å². The molecule has 140 valence electrons. The summed E-state index contributed by atoms with van der Waals surface area (Å²) in [6.07, 6.45) is 2.82.